The van der Waals surface area contributed by atoms with E-state index >= 15 is 0 Å². The summed E-state index contributed by atoms with van der Waals surface area (Å²) in [6.45, 7) is 6.25. The van der Waals surface area contributed by atoms with E-state index in [0.29, 0.717) is 36.9 Å². The Balaban J connectivity index is 1.98. The summed E-state index contributed by atoms with van der Waals surface area (Å²) in [5.41, 5.74) is 0.542. The molecule has 24 heavy (non-hydrogen) atoms. The van der Waals surface area contributed by atoms with Crippen molar-refractivity contribution in [2.75, 3.05) is 31.1 Å². The molecule has 2 amide bonds. The number of carbonyl (C=O) groups is 1. The van der Waals surface area contributed by atoms with Crippen molar-refractivity contribution < 1.29 is 9.72 Å². The van der Waals surface area contributed by atoms with Gasteiger partial charge >= 0.3 is 6.03 Å². The highest BCUT2D eigenvalue weighted by Gasteiger charge is 2.26. The summed E-state index contributed by atoms with van der Waals surface area (Å²) < 4.78 is 0. The molecule has 0 saturated carbocycles. The van der Waals surface area contributed by atoms with Gasteiger partial charge in [-0.1, -0.05) is 24.9 Å². The topological polar surface area (TPSA) is 78.7 Å². The molecular formula is C16H23ClN4O3. The minimum Gasteiger partial charge on any atom is -0.362 e. The van der Waals surface area contributed by atoms with E-state index in [1.54, 1.807) is 17.0 Å². The van der Waals surface area contributed by atoms with E-state index in [9.17, 15) is 14.9 Å². The molecular weight excluding hydrogens is 332 g/mol. The summed E-state index contributed by atoms with van der Waals surface area (Å²) in [6, 6.07) is 4.76. The van der Waals surface area contributed by atoms with Crippen LogP contribution in [0.25, 0.3) is 0 Å². The van der Waals surface area contributed by atoms with Gasteiger partial charge in [0.15, 0.2) is 0 Å². The molecule has 1 unspecified atom stereocenters. The van der Waals surface area contributed by atoms with Crippen molar-refractivity contribution in [3.63, 3.8) is 0 Å². The van der Waals surface area contributed by atoms with Gasteiger partial charge in [-0.2, -0.15) is 0 Å². The fourth-order valence-corrected chi connectivity index (χ4v) is 3.03. The Labute approximate surface area is 146 Å². The molecule has 0 radical (unpaired) electrons. The van der Waals surface area contributed by atoms with Crippen molar-refractivity contribution >= 4 is 29.0 Å². The lowest BCUT2D eigenvalue weighted by Crippen LogP contribution is -2.53. The van der Waals surface area contributed by atoms with Crippen LogP contribution in [0, 0.1) is 10.1 Å². The normalized spacial score (nSPS) is 16.0. The molecule has 132 valence electrons. The number of benzene rings is 1. The standard InChI is InChI=1S/C16H23ClN4O3/c1-3-4-12(2)18-16(22)20-9-7-19(8-10-20)14-6-5-13(17)11-15(14)21(23)24/h5-6,11-12H,3-4,7-10H2,1-2H3,(H,18,22). The fraction of sp³-hybridized carbons (Fsp3) is 0.562. The third-order valence-corrected chi connectivity index (χ3v) is 4.37. The van der Waals surface area contributed by atoms with Crippen LogP contribution >= 0.6 is 11.6 Å². The summed E-state index contributed by atoms with van der Waals surface area (Å²) in [5, 5.41) is 14.5. The lowest BCUT2D eigenvalue weighted by atomic mass is 10.2. The van der Waals surface area contributed by atoms with Gasteiger partial charge in [0, 0.05) is 43.3 Å². The Bertz CT molecular complexity index is 603. The SMILES string of the molecule is CCCC(C)NC(=O)N1CCN(c2ccc(Cl)cc2[N+](=O)[O-])CC1. The molecule has 2 rings (SSSR count). The summed E-state index contributed by atoms with van der Waals surface area (Å²) >= 11 is 5.85. The predicted octanol–water partition coefficient (Wildman–Crippen LogP) is 3.27. The first-order valence-electron chi connectivity index (χ1n) is 8.16. The van der Waals surface area contributed by atoms with E-state index in [4.69, 9.17) is 11.6 Å². The van der Waals surface area contributed by atoms with Crippen LogP contribution in [-0.4, -0.2) is 48.1 Å². The number of nitrogens with one attached hydrogen (secondary N) is 1. The molecule has 1 N–H and O–H groups in total. The molecule has 1 aliphatic heterocycles. The van der Waals surface area contributed by atoms with Gasteiger partial charge in [-0.15, -0.1) is 0 Å². The van der Waals surface area contributed by atoms with Crippen molar-refractivity contribution in [3.05, 3.63) is 33.3 Å². The Hall–Kier alpha value is -2.02. The Morgan fingerprint density at radius 1 is 1.38 bits per heavy atom. The van der Waals surface area contributed by atoms with E-state index < -0.39 is 4.92 Å². The van der Waals surface area contributed by atoms with Crippen molar-refractivity contribution in [3.8, 4) is 0 Å². The van der Waals surface area contributed by atoms with Gasteiger partial charge < -0.3 is 15.1 Å². The second-order valence-electron chi connectivity index (χ2n) is 6.00. The molecule has 1 fully saturated rings. The number of nitro benzene ring substituents is 1. The number of hydrogen-bond acceptors (Lipinski definition) is 4. The molecule has 8 heteroatoms. The van der Waals surface area contributed by atoms with Crippen LogP contribution in [0.1, 0.15) is 26.7 Å². The minimum absolute atomic E-state index is 0.00281. The second-order valence-corrected chi connectivity index (χ2v) is 6.44. The number of piperazine rings is 1. The zero-order valence-electron chi connectivity index (χ0n) is 14.0. The molecule has 1 saturated heterocycles. The number of amides is 2. The maximum absolute atomic E-state index is 12.2. The fourth-order valence-electron chi connectivity index (χ4n) is 2.87. The smallest absolute Gasteiger partial charge is 0.317 e. The second kappa shape index (κ2) is 8.19. The van der Waals surface area contributed by atoms with Gasteiger partial charge in [0.1, 0.15) is 5.69 Å². The minimum atomic E-state index is -0.424. The van der Waals surface area contributed by atoms with Crippen LogP contribution in [0.5, 0.6) is 0 Å². The maximum Gasteiger partial charge on any atom is 0.317 e. The molecule has 0 bridgehead atoms. The number of urea groups is 1. The largest absolute Gasteiger partial charge is 0.362 e. The Kier molecular flexibility index (Phi) is 6.25. The molecule has 1 aromatic carbocycles. The van der Waals surface area contributed by atoms with E-state index in [2.05, 4.69) is 12.2 Å². The first-order chi connectivity index (χ1) is 11.4. The first kappa shape index (κ1) is 18.3. The average molecular weight is 355 g/mol. The Morgan fingerprint density at radius 3 is 2.62 bits per heavy atom. The lowest BCUT2D eigenvalue weighted by molar-refractivity contribution is -0.384. The molecule has 7 nitrogen and oxygen atoms in total. The number of nitrogens with zero attached hydrogens (tertiary/aromatic N) is 3. The number of halogens is 1. The van der Waals surface area contributed by atoms with Gasteiger partial charge in [-0.25, -0.2) is 4.79 Å². The monoisotopic (exact) mass is 354 g/mol. The predicted molar refractivity (Wildman–Crippen MR) is 94.8 cm³/mol. The van der Waals surface area contributed by atoms with Gasteiger partial charge in [0.2, 0.25) is 0 Å². The van der Waals surface area contributed by atoms with Gasteiger partial charge in [0.25, 0.3) is 5.69 Å². The highest BCUT2D eigenvalue weighted by molar-refractivity contribution is 6.30. The molecule has 0 spiro atoms. The third-order valence-electron chi connectivity index (χ3n) is 4.13. The number of carbonyl (C=O) groups excluding carboxylic acids is 1. The van der Waals surface area contributed by atoms with Crippen molar-refractivity contribution in [1.29, 1.82) is 0 Å². The zero-order valence-corrected chi connectivity index (χ0v) is 14.8. The first-order valence-corrected chi connectivity index (χ1v) is 8.54. The van der Waals surface area contributed by atoms with Crippen molar-refractivity contribution in [1.82, 2.24) is 10.2 Å². The number of anilines is 1. The van der Waals surface area contributed by atoms with Crippen LogP contribution < -0.4 is 10.2 Å². The van der Waals surface area contributed by atoms with Gasteiger partial charge in [0.05, 0.1) is 4.92 Å². The van der Waals surface area contributed by atoms with Crippen LogP contribution in [-0.2, 0) is 0 Å². The van der Waals surface area contributed by atoms with E-state index in [-0.39, 0.29) is 17.8 Å². The van der Waals surface area contributed by atoms with Crippen LogP contribution in [0.2, 0.25) is 5.02 Å². The zero-order chi connectivity index (χ0) is 17.7. The van der Waals surface area contributed by atoms with Crippen molar-refractivity contribution in [2.45, 2.75) is 32.7 Å². The molecule has 1 heterocycles. The maximum atomic E-state index is 12.2. The van der Waals surface area contributed by atoms with Crippen LogP contribution in [0.3, 0.4) is 0 Å². The number of nitro groups is 1. The number of hydrogen-bond donors (Lipinski definition) is 1. The van der Waals surface area contributed by atoms with Gasteiger partial charge in [-0.05, 0) is 25.5 Å². The van der Waals surface area contributed by atoms with Crippen molar-refractivity contribution in [2.24, 2.45) is 0 Å². The van der Waals surface area contributed by atoms with Crippen LogP contribution in [0.4, 0.5) is 16.2 Å². The van der Waals surface area contributed by atoms with Gasteiger partial charge in [-0.3, -0.25) is 10.1 Å². The highest BCUT2D eigenvalue weighted by Crippen LogP contribution is 2.31. The van der Waals surface area contributed by atoms with E-state index in [1.807, 2.05) is 11.8 Å². The molecule has 0 aromatic heterocycles. The molecule has 1 atom stereocenters. The number of rotatable bonds is 5. The molecule has 1 aromatic rings. The van der Waals surface area contributed by atoms with E-state index in [1.165, 1.54) is 6.07 Å². The Morgan fingerprint density at radius 2 is 2.04 bits per heavy atom. The summed E-state index contributed by atoms with van der Waals surface area (Å²) in [5.74, 6) is 0. The third kappa shape index (κ3) is 4.50. The molecule has 1 aliphatic rings. The quantitative estimate of drug-likeness (QED) is 0.650. The van der Waals surface area contributed by atoms with Crippen LogP contribution in [0.15, 0.2) is 18.2 Å². The highest BCUT2D eigenvalue weighted by atomic mass is 35.5. The summed E-state index contributed by atoms with van der Waals surface area (Å²) in [4.78, 5) is 26.7. The molecule has 0 aliphatic carbocycles. The summed E-state index contributed by atoms with van der Waals surface area (Å²) in [6.07, 6.45) is 1.97. The summed E-state index contributed by atoms with van der Waals surface area (Å²) in [7, 11) is 0. The van der Waals surface area contributed by atoms with E-state index in [0.717, 1.165) is 12.8 Å². The average Bonchev–Trinajstić information content (AvgIpc) is 2.55. The lowest BCUT2D eigenvalue weighted by Gasteiger charge is -2.36.